The van der Waals surface area contributed by atoms with E-state index >= 15 is 0 Å². The van der Waals surface area contributed by atoms with Gasteiger partial charge in [-0.1, -0.05) is 6.07 Å². The van der Waals surface area contributed by atoms with E-state index < -0.39 is 0 Å². The summed E-state index contributed by atoms with van der Waals surface area (Å²) in [6.07, 6.45) is 2.56. The van der Waals surface area contributed by atoms with E-state index in [1.165, 1.54) is 5.56 Å². The minimum atomic E-state index is 0.217. The number of carbonyl (C=O) groups is 1. The SMILES string of the molecule is CCN1C(=O)CCCc2ccc(OC)cc21. The third kappa shape index (κ3) is 1.90. The summed E-state index contributed by atoms with van der Waals surface area (Å²) in [6, 6.07) is 5.99. The van der Waals surface area contributed by atoms with Gasteiger partial charge in [-0.15, -0.1) is 0 Å². The average molecular weight is 219 g/mol. The first-order valence-electron chi connectivity index (χ1n) is 5.73. The zero-order valence-corrected chi connectivity index (χ0v) is 9.82. The Hall–Kier alpha value is -1.51. The lowest BCUT2D eigenvalue weighted by atomic mass is 10.1. The fourth-order valence-corrected chi connectivity index (χ4v) is 2.18. The molecule has 0 saturated heterocycles. The van der Waals surface area contributed by atoms with Gasteiger partial charge in [0.25, 0.3) is 0 Å². The largest absolute Gasteiger partial charge is 0.497 e. The molecule has 0 aromatic heterocycles. The molecule has 1 aromatic carbocycles. The average Bonchev–Trinajstić information content (AvgIpc) is 2.46. The van der Waals surface area contributed by atoms with Crippen molar-refractivity contribution in [3.63, 3.8) is 0 Å². The highest BCUT2D eigenvalue weighted by Crippen LogP contribution is 2.30. The highest BCUT2D eigenvalue weighted by molar-refractivity contribution is 5.95. The van der Waals surface area contributed by atoms with Crippen molar-refractivity contribution in [2.45, 2.75) is 26.2 Å². The van der Waals surface area contributed by atoms with Crippen LogP contribution in [0, 0.1) is 0 Å². The minimum absolute atomic E-state index is 0.217. The van der Waals surface area contributed by atoms with Crippen molar-refractivity contribution in [3.05, 3.63) is 23.8 Å². The van der Waals surface area contributed by atoms with Crippen molar-refractivity contribution in [1.29, 1.82) is 0 Å². The Morgan fingerprint density at radius 3 is 2.88 bits per heavy atom. The van der Waals surface area contributed by atoms with Crippen molar-refractivity contribution < 1.29 is 9.53 Å². The molecule has 1 aliphatic heterocycles. The van der Waals surface area contributed by atoms with Gasteiger partial charge in [-0.25, -0.2) is 0 Å². The monoisotopic (exact) mass is 219 g/mol. The fraction of sp³-hybridized carbons (Fsp3) is 0.462. The lowest BCUT2D eigenvalue weighted by Crippen LogP contribution is -2.29. The van der Waals surface area contributed by atoms with Crippen LogP contribution < -0.4 is 9.64 Å². The van der Waals surface area contributed by atoms with E-state index in [1.807, 2.05) is 24.0 Å². The third-order valence-electron chi connectivity index (χ3n) is 3.04. The summed E-state index contributed by atoms with van der Waals surface area (Å²) in [4.78, 5) is 13.7. The Bertz CT molecular complexity index is 401. The second kappa shape index (κ2) is 4.56. The van der Waals surface area contributed by atoms with Gasteiger partial charge < -0.3 is 9.64 Å². The van der Waals surface area contributed by atoms with Gasteiger partial charge in [-0.3, -0.25) is 4.79 Å². The zero-order valence-electron chi connectivity index (χ0n) is 9.82. The molecule has 0 N–H and O–H groups in total. The van der Waals surface area contributed by atoms with Gasteiger partial charge in [0.2, 0.25) is 5.91 Å². The van der Waals surface area contributed by atoms with Crippen LogP contribution in [0.2, 0.25) is 0 Å². The van der Waals surface area contributed by atoms with Gasteiger partial charge >= 0.3 is 0 Å². The number of ether oxygens (including phenoxy) is 1. The molecule has 0 aliphatic carbocycles. The summed E-state index contributed by atoms with van der Waals surface area (Å²) in [6.45, 7) is 2.73. The maximum absolute atomic E-state index is 11.9. The van der Waals surface area contributed by atoms with E-state index in [0.29, 0.717) is 6.42 Å². The lowest BCUT2D eigenvalue weighted by Gasteiger charge is -2.21. The predicted octanol–water partition coefficient (Wildman–Crippen LogP) is 2.38. The van der Waals surface area contributed by atoms with E-state index in [4.69, 9.17) is 4.74 Å². The normalized spacial score (nSPS) is 15.6. The molecular weight excluding hydrogens is 202 g/mol. The molecule has 0 atom stereocenters. The molecular formula is C13H17NO2. The molecule has 1 aliphatic rings. The molecule has 0 fully saturated rings. The number of carbonyl (C=O) groups excluding carboxylic acids is 1. The number of hydrogen-bond donors (Lipinski definition) is 0. The first-order valence-corrected chi connectivity index (χ1v) is 5.73. The summed E-state index contributed by atoms with van der Waals surface area (Å²) < 4.78 is 5.21. The summed E-state index contributed by atoms with van der Waals surface area (Å²) in [5.74, 6) is 1.03. The Morgan fingerprint density at radius 2 is 2.19 bits per heavy atom. The molecule has 86 valence electrons. The van der Waals surface area contributed by atoms with Gasteiger partial charge in [0.15, 0.2) is 0 Å². The van der Waals surface area contributed by atoms with Crippen molar-refractivity contribution in [2.75, 3.05) is 18.6 Å². The summed E-state index contributed by atoms with van der Waals surface area (Å²) in [5.41, 5.74) is 2.26. The van der Waals surface area contributed by atoms with Gasteiger partial charge in [-0.2, -0.15) is 0 Å². The summed E-state index contributed by atoms with van der Waals surface area (Å²) in [5, 5.41) is 0. The number of hydrogen-bond acceptors (Lipinski definition) is 2. The number of nitrogens with zero attached hydrogens (tertiary/aromatic N) is 1. The molecule has 0 unspecified atom stereocenters. The van der Waals surface area contributed by atoms with E-state index in [0.717, 1.165) is 30.8 Å². The standard InChI is InChI=1S/C13H17NO2/c1-3-14-12-9-11(16-2)8-7-10(12)5-4-6-13(14)15/h7-9H,3-6H2,1-2H3. The maximum atomic E-state index is 11.9. The fourth-order valence-electron chi connectivity index (χ4n) is 2.18. The molecule has 3 nitrogen and oxygen atoms in total. The van der Waals surface area contributed by atoms with Crippen LogP contribution in [0.25, 0.3) is 0 Å². The maximum Gasteiger partial charge on any atom is 0.226 e. The molecule has 2 rings (SSSR count). The van der Waals surface area contributed by atoms with Gasteiger partial charge in [0.05, 0.1) is 12.8 Å². The summed E-state index contributed by atoms with van der Waals surface area (Å²) >= 11 is 0. The van der Waals surface area contributed by atoms with Crippen molar-refractivity contribution >= 4 is 11.6 Å². The number of amides is 1. The number of rotatable bonds is 2. The van der Waals surface area contributed by atoms with Gasteiger partial charge in [-0.05, 0) is 31.4 Å². The molecule has 1 heterocycles. The van der Waals surface area contributed by atoms with E-state index in [-0.39, 0.29) is 5.91 Å². The highest BCUT2D eigenvalue weighted by atomic mass is 16.5. The third-order valence-corrected chi connectivity index (χ3v) is 3.04. The smallest absolute Gasteiger partial charge is 0.226 e. The number of fused-ring (bicyclic) bond motifs is 1. The Balaban J connectivity index is 2.46. The predicted molar refractivity (Wildman–Crippen MR) is 64.0 cm³/mol. The molecule has 0 saturated carbocycles. The van der Waals surface area contributed by atoms with Crippen molar-refractivity contribution in [2.24, 2.45) is 0 Å². The quantitative estimate of drug-likeness (QED) is 0.764. The van der Waals surface area contributed by atoms with Crippen LogP contribution >= 0.6 is 0 Å². The van der Waals surface area contributed by atoms with Crippen LogP contribution in [0.1, 0.15) is 25.3 Å². The van der Waals surface area contributed by atoms with Crippen LogP contribution in [0.15, 0.2) is 18.2 Å². The number of anilines is 1. The van der Waals surface area contributed by atoms with Gasteiger partial charge in [0.1, 0.15) is 5.75 Å². The van der Waals surface area contributed by atoms with Crippen LogP contribution in [-0.4, -0.2) is 19.6 Å². The van der Waals surface area contributed by atoms with Crippen LogP contribution in [-0.2, 0) is 11.2 Å². The minimum Gasteiger partial charge on any atom is -0.497 e. The first kappa shape index (κ1) is 11.0. The van der Waals surface area contributed by atoms with Gasteiger partial charge in [0, 0.05) is 19.0 Å². The second-order valence-electron chi connectivity index (χ2n) is 3.99. The summed E-state index contributed by atoms with van der Waals surface area (Å²) in [7, 11) is 1.65. The lowest BCUT2D eigenvalue weighted by molar-refractivity contribution is -0.118. The second-order valence-corrected chi connectivity index (χ2v) is 3.99. The van der Waals surface area contributed by atoms with E-state index in [2.05, 4.69) is 6.07 Å². The molecule has 0 spiro atoms. The van der Waals surface area contributed by atoms with Crippen molar-refractivity contribution in [3.8, 4) is 5.75 Å². The molecule has 1 aromatic rings. The zero-order chi connectivity index (χ0) is 11.5. The highest BCUT2D eigenvalue weighted by Gasteiger charge is 2.20. The molecule has 16 heavy (non-hydrogen) atoms. The topological polar surface area (TPSA) is 29.5 Å². The first-order chi connectivity index (χ1) is 7.76. The molecule has 0 radical (unpaired) electrons. The Labute approximate surface area is 96.0 Å². The van der Waals surface area contributed by atoms with Crippen molar-refractivity contribution in [1.82, 2.24) is 0 Å². The molecule has 3 heteroatoms. The number of benzene rings is 1. The number of methoxy groups -OCH3 is 1. The number of aryl methyl sites for hydroxylation is 1. The van der Waals surface area contributed by atoms with E-state index in [1.54, 1.807) is 7.11 Å². The van der Waals surface area contributed by atoms with Crippen LogP contribution in [0.3, 0.4) is 0 Å². The van der Waals surface area contributed by atoms with E-state index in [9.17, 15) is 4.79 Å². The van der Waals surface area contributed by atoms with Crippen LogP contribution in [0.5, 0.6) is 5.75 Å². The molecule has 1 amide bonds. The molecule has 0 bridgehead atoms. The Morgan fingerprint density at radius 1 is 1.38 bits per heavy atom. The Kier molecular flexibility index (Phi) is 3.13. The van der Waals surface area contributed by atoms with Crippen LogP contribution in [0.4, 0.5) is 5.69 Å².